The normalized spacial score (nSPS) is 10.9. The number of carbonyl (C=O) groups excluding carboxylic acids is 1. The molecule has 0 aliphatic carbocycles. The van der Waals surface area contributed by atoms with Crippen molar-refractivity contribution < 1.29 is 18.3 Å². The van der Waals surface area contributed by atoms with Crippen LogP contribution < -0.4 is 4.74 Å². The maximum absolute atomic E-state index is 12.0. The molecule has 1 aromatic carbocycles. The fraction of sp³-hybridized carbons (Fsp3) is 0.500. The van der Waals surface area contributed by atoms with E-state index in [1.165, 1.54) is 12.1 Å². The Bertz CT molecular complexity index is 404. The summed E-state index contributed by atoms with van der Waals surface area (Å²) in [5.74, 6) is 0.509. The molecule has 0 radical (unpaired) electrons. The quantitative estimate of drug-likeness (QED) is 0.794. The van der Waals surface area contributed by atoms with Gasteiger partial charge in [-0.05, 0) is 23.6 Å². The number of halogens is 2. The van der Waals surface area contributed by atoms with Crippen molar-refractivity contribution in [3.63, 3.8) is 0 Å². The summed E-state index contributed by atoms with van der Waals surface area (Å²) in [4.78, 5) is 13.4. The number of nitrogens with zero attached hydrogens (tertiary/aromatic N) is 1. The van der Waals surface area contributed by atoms with Crippen LogP contribution in [0.4, 0.5) is 8.78 Å². The molecule has 0 heterocycles. The van der Waals surface area contributed by atoms with Crippen LogP contribution in [0.3, 0.4) is 0 Å². The van der Waals surface area contributed by atoms with Gasteiger partial charge in [-0.25, -0.2) is 0 Å². The molecule has 5 heteroatoms. The maximum Gasteiger partial charge on any atom is 0.387 e. The summed E-state index contributed by atoms with van der Waals surface area (Å²) in [6.07, 6.45) is 0.503. The SMILES string of the molecule is CC(C)CC(=O)N(C)Cc1ccc(OC(F)F)cc1. The predicted octanol–water partition coefficient (Wildman–Crippen LogP) is 3.29. The molecule has 0 spiro atoms. The molecule has 106 valence electrons. The van der Waals surface area contributed by atoms with Crippen LogP contribution in [-0.2, 0) is 11.3 Å². The first-order valence-electron chi connectivity index (χ1n) is 6.16. The van der Waals surface area contributed by atoms with Crippen LogP contribution in [-0.4, -0.2) is 24.5 Å². The van der Waals surface area contributed by atoms with Gasteiger partial charge in [-0.2, -0.15) is 8.78 Å². The minimum absolute atomic E-state index is 0.0721. The summed E-state index contributed by atoms with van der Waals surface area (Å²) in [7, 11) is 1.73. The van der Waals surface area contributed by atoms with Crippen molar-refractivity contribution in [3.05, 3.63) is 29.8 Å². The molecule has 0 aliphatic heterocycles. The van der Waals surface area contributed by atoms with Crippen LogP contribution in [0.15, 0.2) is 24.3 Å². The van der Waals surface area contributed by atoms with E-state index < -0.39 is 6.61 Å². The van der Waals surface area contributed by atoms with Crippen LogP contribution in [0.25, 0.3) is 0 Å². The average molecular weight is 271 g/mol. The zero-order valence-corrected chi connectivity index (χ0v) is 11.4. The highest BCUT2D eigenvalue weighted by atomic mass is 19.3. The molecule has 0 aliphatic rings. The van der Waals surface area contributed by atoms with Crippen molar-refractivity contribution in [1.29, 1.82) is 0 Å². The highest BCUT2D eigenvalue weighted by Gasteiger charge is 2.11. The lowest BCUT2D eigenvalue weighted by atomic mass is 10.1. The second kappa shape index (κ2) is 7.07. The summed E-state index contributed by atoms with van der Waals surface area (Å²) < 4.78 is 28.2. The lowest BCUT2D eigenvalue weighted by molar-refractivity contribution is -0.131. The van der Waals surface area contributed by atoms with Crippen molar-refractivity contribution in [1.82, 2.24) is 4.90 Å². The Kier molecular flexibility index (Phi) is 5.73. The third-order valence-electron chi connectivity index (χ3n) is 2.58. The van der Waals surface area contributed by atoms with E-state index in [9.17, 15) is 13.6 Å². The molecule has 1 rings (SSSR count). The van der Waals surface area contributed by atoms with Gasteiger partial charge in [-0.3, -0.25) is 4.79 Å². The fourth-order valence-corrected chi connectivity index (χ4v) is 1.64. The number of hydrogen-bond acceptors (Lipinski definition) is 2. The van der Waals surface area contributed by atoms with Gasteiger partial charge in [-0.1, -0.05) is 26.0 Å². The lowest BCUT2D eigenvalue weighted by Gasteiger charge is -2.18. The van der Waals surface area contributed by atoms with Gasteiger partial charge in [-0.15, -0.1) is 0 Å². The van der Waals surface area contributed by atoms with Crippen LogP contribution in [0.5, 0.6) is 5.75 Å². The largest absolute Gasteiger partial charge is 0.435 e. The van der Waals surface area contributed by atoms with Crippen molar-refractivity contribution >= 4 is 5.91 Å². The highest BCUT2D eigenvalue weighted by molar-refractivity contribution is 5.76. The Morgan fingerprint density at radius 2 is 1.84 bits per heavy atom. The Morgan fingerprint density at radius 3 is 2.32 bits per heavy atom. The Balaban J connectivity index is 2.55. The molecule has 0 saturated carbocycles. The monoisotopic (exact) mass is 271 g/mol. The van der Waals surface area contributed by atoms with Gasteiger partial charge in [0.2, 0.25) is 5.91 Å². The van der Waals surface area contributed by atoms with E-state index in [1.807, 2.05) is 13.8 Å². The Labute approximate surface area is 112 Å². The van der Waals surface area contributed by atoms with Gasteiger partial charge >= 0.3 is 6.61 Å². The molecule has 19 heavy (non-hydrogen) atoms. The van der Waals surface area contributed by atoms with Gasteiger partial charge in [0.25, 0.3) is 0 Å². The third-order valence-corrected chi connectivity index (χ3v) is 2.58. The van der Waals surface area contributed by atoms with E-state index in [2.05, 4.69) is 4.74 Å². The van der Waals surface area contributed by atoms with Gasteiger partial charge in [0.05, 0.1) is 0 Å². The number of hydrogen-bond donors (Lipinski definition) is 0. The topological polar surface area (TPSA) is 29.5 Å². The first kappa shape index (κ1) is 15.4. The first-order chi connectivity index (χ1) is 8.88. The smallest absolute Gasteiger partial charge is 0.387 e. The number of rotatable bonds is 6. The summed E-state index contributed by atoms with van der Waals surface area (Å²) >= 11 is 0. The summed E-state index contributed by atoms with van der Waals surface area (Å²) in [6, 6.07) is 6.30. The predicted molar refractivity (Wildman–Crippen MR) is 69.0 cm³/mol. The van der Waals surface area contributed by atoms with Crippen molar-refractivity contribution in [2.24, 2.45) is 5.92 Å². The summed E-state index contributed by atoms with van der Waals surface area (Å²) in [6.45, 7) is 1.62. The fourth-order valence-electron chi connectivity index (χ4n) is 1.64. The molecule has 3 nitrogen and oxygen atoms in total. The molecular formula is C14H19F2NO2. The Morgan fingerprint density at radius 1 is 1.26 bits per heavy atom. The number of carbonyl (C=O) groups is 1. The van der Waals surface area contributed by atoms with E-state index in [1.54, 1.807) is 24.1 Å². The summed E-state index contributed by atoms with van der Waals surface area (Å²) in [5.41, 5.74) is 0.876. The van der Waals surface area contributed by atoms with Crippen molar-refractivity contribution in [3.8, 4) is 5.75 Å². The van der Waals surface area contributed by atoms with E-state index in [0.717, 1.165) is 5.56 Å². The molecule has 1 amide bonds. The molecule has 0 N–H and O–H groups in total. The highest BCUT2D eigenvalue weighted by Crippen LogP contribution is 2.16. The number of benzene rings is 1. The van der Waals surface area contributed by atoms with Gasteiger partial charge in [0, 0.05) is 20.0 Å². The third kappa shape index (κ3) is 5.68. The minimum Gasteiger partial charge on any atom is -0.435 e. The molecule has 0 bridgehead atoms. The van der Waals surface area contributed by atoms with E-state index >= 15 is 0 Å². The second-order valence-corrected chi connectivity index (χ2v) is 4.87. The molecule has 0 fully saturated rings. The molecule has 0 aromatic heterocycles. The summed E-state index contributed by atoms with van der Waals surface area (Å²) in [5, 5.41) is 0. The van der Waals surface area contributed by atoms with E-state index in [4.69, 9.17) is 0 Å². The van der Waals surface area contributed by atoms with Crippen molar-refractivity contribution in [2.75, 3.05) is 7.05 Å². The molecule has 0 saturated heterocycles. The van der Waals surface area contributed by atoms with Gasteiger partial charge in [0.15, 0.2) is 0 Å². The molecule has 1 aromatic rings. The Hall–Kier alpha value is -1.65. The number of ether oxygens (including phenoxy) is 1. The van der Waals surface area contributed by atoms with E-state index in [-0.39, 0.29) is 11.7 Å². The minimum atomic E-state index is -2.82. The second-order valence-electron chi connectivity index (χ2n) is 4.87. The van der Waals surface area contributed by atoms with Crippen LogP contribution in [0.2, 0.25) is 0 Å². The van der Waals surface area contributed by atoms with E-state index in [0.29, 0.717) is 18.9 Å². The lowest BCUT2D eigenvalue weighted by Crippen LogP contribution is -2.27. The first-order valence-corrected chi connectivity index (χ1v) is 6.16. The molecule has 0 unspecified atom stereocenters. The molecular weight excluding hydrogens is 252 g/mol. The standard InChI is InChI=1S/C14H19F2NO2/c1-10(2)8-13(18)17(3)9-11-4-6-12(7-5-11)19-14(15)16/h4-7,10,14H,8-9H2,1-3H3. The van der Waals surface area contributed by atoms with Gasteiger partial charge in [0.1, 0.15) is 5.75 Å². The molecule has 0 atom stereocenters. The number of amides is 1. The number of alkyl halides is 2. The van der Waals surface area contributed by atoms with Crippen LogP contribution in [0, 0.1) is 5.92 Å². The zero-order valence-electron chi connectivity index (χ0n) is 11.4. The van der Waals surface area contributed by atoms with Crippen LogP contribution in [0.1, 0.15) is 25.8 Å². The zero-order chi connectivity index (χ0) is 14.4. The maximum atomic E-state index is 12.0. The van der Waals surface area contributed by atoms with Crippen molar-refractivity contribution in [2.45, 2.75) is 33.4 Å². The van der Waals surface area contributed by atoms with Gasteiger partial charge < -0.3 is 9.64 Å². The average Bonchev–Trinajstić information content (AvgIpc) is 2.30. The van der Waals surface area contributed by atoms with Crippen LogP contribution >= 0.6 is 0 Å².